The molecule has 0 spiro atoms. The van der Waals surface area contributed by atoms with Gasteiger partial charge in [0, 0.05) is 43.6 Å². The molecule has 2 saturated heterocycles. The lowest BCUT2D eigenvalue weighted by molar-refractivity contribution is -0.134. The van der Waals surface area contributed by atoms with Crippen LogP contribution in [0.2, 0.25) is 0 Å². The number of benzene rings is 2. The number of imide groups is 1. The molecule has 4 fully saturated rings. The molecule has 1 aromatic heterocycles. The van der Waals surface area contributed by atoms with E-state index < -0.39 is 5.92 Å². The van der Waals surface area contributed by atoms with Crippen molar-refractivity contribution in [2.24, 2.45) is 29.6 Å². The lowest BCUT2D eigenvalue weighted by Crippen LogP contribution is -2.43. The van der Waals surface area contributed by atoms with Crippen molar-refractivity contribution in [3.05, 3.63) is 71.5 Å². The maximum absolute atomic E-state index is 14.0. The number of hydrogen-bond acceptors (Lipinski definition) is 7. The van der Waals surface area contributed by atoms with Crippen LogP contribution in [-0.2, 0) is 14.4 Å². The Balaban J connectivity index is 1.16. The molecule has 44 heavy (non-hydrogen) atoms. The van der Waals surface area contributed by atoms with Gasteiger partial charge in [0.05, 0.1) is 22.5 Å². The van der Waals surface area contributed by atoms with Gasteiger partial charge in [-0.1, -0.05) is 43.2 Å². The minimum atomic E-state index is -0.394. The number of carbonyl (C=O) groups is 3. The van der Waals surface area contributed by atoms with E-state index in [0.29, 0.717) is 11.4 Å². The molecule has 6 unspecified atom stereocenters. The van der Waals surface area contributed by atoms with Gasteiger partial charge < -0.3 is 14.6 Å². The van der Waals surface area contributed by atoms with Gasteiger partial charge in [-0.2, -0.15) is 0 Å². The van der Waals surface area contributed by atoms with Crippen LogP contribution in [0.15, 0.2) is 61.2 Å². The molecule has 12 heteroatoms. The molecule has 228 valence electrons. The van der Waals surface area contributed by atoms with E-state index in [0.717, 1.165) is 63.2 Å². The Morgan fingerprint density at radius 2 is 1.64 bits per heavy atom. The van der Waals surface area contributed by atoms with Gasteiger partial charge in [0.25, 0.3) is 5.91 Å². The highest BCUT2D eigenvalue weighted by molar-refractivity contribution is 9.10. The molecule has 7 atom stereocenters. The smallest absolute Gasteiger partial charge is 0.305 e. The van der Waals surface area contributed by atoms with Crippen molar-refractivity contribution >= 4 is 78.4 Å². The molecule has 2 aromatic carbocycles. The lowest BCUT2D eigenvalue weighted by Gasteiger charge is -2.43. The summed E-state index contributed by atoms with van der Waals surface area (Å²) < 4.78 is 8.04. The highest BCUT2D eigenvalue weighted by Gasteiger charge is 2.69. The lowest BCUT2D eigenvalue weighted by atomic mass is 9.68. The molecule has 1 N–H and O–H groups in total. The van der Waals surface area contributed by atoms with E-state index in [4.69, 9.17) is 4.74 Å². The van der Waals surface area contributed by atoms with Crippen LogP contribution in [0.25, 0.3) is 0 Å². The molecule has 2 saturated carbocycles. The van der Waals surface area contributed by atoms with Crippen molar-refractivity contribution in [3.8, 4) is 5.75 Å². The van der Waals surface area contributed by atoms with E-state index >= 15 is 0 Å². The first-order valence-corrected chi connectivity index (χ1v) is 18.3. The van der Waals surface area contributed by atoms with E-state index in [2.05, 4.69) is 36.8 Å². The Bertz CT molecular complexity index is 1740. The van der Waals surface area contributed by atoms with Crippen LogP contribution >= 0.6 is 55.0 Å². The van der Waals surface area contributed by atoms with Crippen molar-refractivity contribution in [2.75, 3.05) is 24.6 Å². The summed E-state index contributed by atoms with van der Waals surface area (Å²) >= 11 is 9.98. The van der Waals surface area contributed by atoms with E-state index in [9.17, 15) is 19.2 Å². The molecule has 2 aliphatic carbocycles. The standard InChI is InChI=1S/C32H29Br2N3O5S2/c33-15-4-7-17(8-5-15)37-30(39)25-19-13-20(26(25)31(37)40)27-24(19)23(28-29(43-27)35-32(41)44-28)18-12-16(34)6-9-21(18)42-14-22(38)36-10-2-1-3-11-36/h4-9,12,19-20,23-27H,1-3,10-11,13-14H2,(H,35,41)/t19?,20?,23-,24?,25?,26?,27?/m1/s1. The zero-order chi connectivity index (χ0) is 30.3. The normalized spacial score (nSPS) is 30.4. The summed E-state index contributed by atoms with van der Waals surface area (Å²) in [5, 5.41) is 0.902. The fourth-order valence-electron chi connectivity index (χ4n) is 8.48. The zero-order valence-corrected chi connectivity index (χ0v) is 28.3. The Labute approximate surface area is 279 Å². The highest BCUT2D eigenvalue weighted by Crippen LogP contribution is 2.69. The first-order valence-electron chi connectivity index (χ1n) is 15.0. The number of carbonyl (C=O) groups excluding carboxylic acids is 3. The van der Waals surface area contributed by atoms with Crippen LogP contribution in [0.4, 0.5) is 5.69 Å². The number of thioether (sulfide) groups is 1. The number of amides is 3. The number of halogens is 2. The van der Waals surface area contributed by atoms with Crippen LogP contribution in [0, 0.1) is 29.6 Å². The maximum Gasteiger partial charge on any atom is 0.305 e. The fraction of sp³-hybridized carbons (Fsp3) is 0.438. The summed E-state index contributed by atoms with van der Waals surface area (Å²) in [6.07, 6.45) is 3.97. The Morgan fingerprint density at radius 1 is 0.932 bits per heavy atom. The summed E-state index contributed by atoms with van der Waals surface area (Å²) in [5.74, 6) is -0.572. The van der Waals surface area contributed by atoms with E-state index in [1.807, 2.05) is 47.4 Å². The van der Waals surface area contributed by atoms with Gasteiger partial charge in [-0.3, -0.25) is 24.1 Å². The average Bonchev–Trinajstić information content (AvgIpc) is 3.76. The second-order valence-corrected chi connectivity index (χ2v) is 16.4. The van der Waals surface area contributed by atoms with E-state index in [-0.39, 0.29) is 64.0 Å². The average molecular weight is 760 g/mol. The minimum Gasteiger partial charge on any atom is -0.483 e. The van der Waals surface area contributed by atoms with Crippen LogP contribution in [0.5, 0.6) is 5.75 Å². The monoisotopic (exact) mass is 757 g/mol. The number of thiazole rings is 1. The number of likely N-dealkylation sites (tertiary alicyclic amines) is 1. The molecule has 3 amide bonds. The summed E-state index contributed by atoms with van der Waals surface area (Å²) in [7, 11) is 0. The second-order valence-electron chi connectivity index (χ2n) is 12.4. The number of rotatable bonds is 5. The quantitative estimate of drug-likeness (QED) is 0.319. The summed E-state index contributed by atoms with van der Waals surface area (Å²) in [4.78, 5) is 60.9. The second kappa shape index (κ2) is 11.1. The number of ether oxygens (including phenoxy) is 1. The fourth-order valence-corrected chi connectivity index (χ4v) is 12.0. The van der Waals surface area contributed by atoms with Crippen LogP contribution in [-0.4, -0.2) is 52.6 Å². The number of nitrogens with one attached hydrogen (secondary N) is 1. The van der Waals surface area contributed by atoms with Gasteiger partial charge >= 0.3 is 4.87 Å². The number of aromatic nitrogens is 1. The highest BCUT2D eigenvalue weighted by atomic mass is 79.9. The number of anilines is 1. The molecule has 3 aromatic rings. The van der Waals surface area contributed by atoms with Gasteiger partial charge in [-0.25, -0.2) is 0 Å². The first kappa shape index (κ1) is 29.0. The Morgan fingerprint density at radius 3 is 2.39 bits per heavy atom. The number of fused-ring (bicyclic) bond motifs is 9. The molecule has 4 heterocycles. The van der Waals surface area contributed by atoms with Gasteiger partial charge in [0.2, 0.25) is 11.8 Å². The molecular formula is C32H29Br2N3O5S2. The molecular weight excluding hydrogens is 730 g/mol. The third-order valence-electron chi connectivity index (χ3n) is 10.2. The third-order valence-corrected chi connectivity index (χ3v) is 13.8. The zero-order valence-electron chi connectivity index (χ0n) is 23.5. The molecule has 0 radical (unpaired) electrons. The number of piperidine rings is 1. The molecule has 2 bridgehead atoms. The molecule has 3 aliphatic heterocycles. The van der Waals surface area contributed by atoms with Crippen LogP contribution in [0.1, 0.15) is 42.0 Å². The SMILES string of the molecule is O=C(COc1ccc(Br)cc1[C@H]1c2sc(=O)[nH]c2SC2C3CC(C4C(=O)N(c5ccc(Br)cc5)C(=O)C34)C21)N1CCCCC1. The van der Waals surface area contributed by atoms with Gasteiger partial charge in [0.15, 0.2) is 6.61 Å². The van der Waals surface area contributed by atoms with Gasteiger partial charge in [-0.05, 0) is 85.9 Å². The predicted molar refractivity (Wildman–Crippen MR) is 175 cm³/mol. The topological polar surface area (TPSA) is 99.8 Å². The molecule has 8 rings (SSSR count). The van der Waals surface area contributed by atoms with Gasteiger partial charge in [0.1, 0.15) is 5.75 Å². The number of nitrogens with zero attached hydrogens (tertiary/aromatic N) is 2. The number of hydrogen-bond donors (Lipinski definition) is 1. The van der Waals surface area contributed by atoms with E-state index in [1.165, 1.54) is 16.2 Å². The van der Waals surface area contributed by atoms with Crippen molar-refractivity contribution in [1.29, 1.82) is 0 Å². The summed E-state index contributed by atoms with van der Waals surface area (Å²) in [5.41, 5.74) is 1.51. The molecule has 8 nitrogen and oxygen atoms in total. The maximum atomic E-state index is 14.0. The van der Waals surface area contributed by atoms with Crippen molar-refractivity contribution in [3.63, 3.8) is 0 Å². The van der Waals surface area contributed by atoms with Crippen molar-refractivity contribution in [1.82, 2.24) is 9.88 Å². The number of aromatic amines is 1. The Hall–Kier alpha value is -2.41. The predicted octanol–water partition coefficient (Wildman–Crippen LogP) is 6.03. The van der Waals surface area contributed by atoms with Gasteiger partial charge in [-0.15, -0.1) is 11.8 Å². The van der Waals surface area contributed by atoms with Crippen molar-refractivity contribution in [2.45, 2.75) is 41.9 Å². The third kappa shape index (κ3) is 4.57. The van der Waals surface area contributed by atoms with Crippen LogP contribution in [0.3, 0.4) is 0 Å². The molecule has 5 aliphatic rings. The van der Waals surface area contributed by atoms with E-state index in [1.54, 1.807) is 11.8 Å². The summed E-state index contributed by atoms with van der Waals surface area (Å²) in [6.45, 7) is 1.47. The summed E-state index contributed by atoms with van der Waals surface area (Å²) in [6, 6.07) is 13.2. The number of H-pyrrole nitrogens is 1. The largest absolute Gasteiger partial charge is 0.483 e. The minimum absolute atomic E-state index is 0.0171. The van der Waals surface area contributed by atoms with Crippen LogP contribution < -0.4 is 14.5 Å². The van der Waals surface area contributed by atoms with Crippen molar-refractivity contribution < 1.29 is 19.1 Å². The Kier molecular flexibility index (Phi) is 7.34. The first-order chi connectivity index (χ1) is 21.3.